The van der Waals surface area contributed by atoms with Crippen molar-refractivity contribution in [3.05, 3.63) is 34.6 Å². The number of nitrogens with one attached hydrogen (secondary N) is 1. The van der Waals surface area contributed by atoms with Crippen LogP contribution in [0, 0.1) is 6.92 Å². The van der Waals surface area contributed by atoms with Crippen molar-refractivity contribution < 1.29 is 14.7 Å². The van der Waals surface area contributed by atoms with Crippen LogP contribution in [-0.2, 0) is 0 Å². The lowest BCUT2D eigenvalue weighted by molar-refractivity contribution is 0.0692. The quantitative estimate of drug-likeness (QED) is 0.862. The lowest BCUT2D eigenvalue weighted by atomic mass is 10.1. The Hall–Kier alpha value is -2.35. The average Bonchev–Trinajstić information content (AvgIpc) is 2.74. The standard InChI is InChI=1S/C10H8N4O3S/c1-5-13-14-10(18-5)12-8(15)6-2-3-11-4-7(6)9(16)17/h2-4H,1H3,(H,16,17)(H,12,14,15). The summed E-state index contributed by atoms with van der Waals surface area (Å²) in [6.07, 6.45) is 2.48. The maximum Gasteiger partial charge on any atom is 0.338 e. The van der Waals surface area contributed by atoms with Gasteiger partial charge in [-0.2, -0.15) is 0 Å². The molecule has 2 aromatic rings. The smallest absolute Gasteiger partial charge is 0.338 e. The lowest BCUT2D eigenvalue weighted by Crippen LogP contribution is -2.16. The Kier molecular flexibility index (Phi) is 3.28. The molecule has 0 aromatic carbocycles. The minimum Gasteiger partial charge on any atom is -0.478 e. The zero-order valence-electron chi connectivity index (χ0n) is 9.25. The number of aromatic carboxylic acids is 1. The number of pyridine rings is 1. The van der Waals surface area contributed by atoms with Gasteiger partial charge in [0, 0.05) is 12.4 Å². The first kappa shape index (κ1) is 12.1. The highest BCUT2D eigenvalue weighted by atomic mass is 32.1. The molecule has 1 amide bonds. The fraction of sp³-hybridized carbons (Fsp3) is 0.100. The molecule has 2 N–H and O–H groups in total. The predicted octanol–water partition coefficient (Wildman–Crippen LogP) is 1.19. The molecule has 7 nitrogen and oxygen atoms in total. The van der Waals surface area contributed by atoms with E-state index in [0.29, 0.717) is 10.1 Å². The van der Waals surface area contributed by atoms with E-state index >= 15 is 0 Å². The number of aryl methyl sites for hydroxylation is 1. The number of aromatic nitrogens is 3. The average molecular weight is 264 g/mol. The second kappa shape index (κ2) is 4.88. The van der Waals surface area contributed by atoms with E-state index in [1.165, 1.54) is 23.6 Å². The third kappa shape index (κ3) is 2.48. The van der Waals surface area contributed by atoms with Crippen molar-refractivity contribution in [2.75, 3.05) is 5.32 Å². The highest BCUT2D eigenvalue weighted by Crippen LogP contribution is 2.16. The van der Waals surface area contributed by atoms with Gasteiger partial charge in [-0.3, -0.25) is 15.1 Å². The number of carboxylic acids is 1. The first-order chi connectivity index (χ1) is 8.58. The number of hydrogen-bond acceptors (Lipinski definition) is 6. The highest BCUT2D eigenvalue weighted by molar-refractivity contribution is 7.15. The number of nitrogens with zero attached hydrogens (tertiary/aromatic N) is 3. The number of rotatable bonds is 3. The van der Waals surface area contributed by atoms with E-state index in [-0.39, 0.29) is 11.1 Å². The monoisotopic (exact) mass is 264 g/mol. The Morgan fingerprint density at radius 3 is 2.72 bits per heavy atom. The second-order valence-corrected chi connectivity index (χ2v) is 4.49. The topological polar surface area (TPSA) is 105 Å². The molecule has 0 radical (unpaired) electrons. The molecule has 0 atom stereocenters. The van der Waals surface area contributed by atoms with Gasteiger partial charge < -0.3 is 5.11 Å². The number of anilines is 1. The van der Waals surface area contributed by atoms with E-state index in [9.17, 15) is 9.59 Å². The molecule has 0 unspecified atom stereocenters. The Balaban J connectivity index is 2.26. The van der Waals surface area contributed by atoms with E-state index in [2.05, 4.69) is 20.5 Å². The van der Waals surface area contributed by atoms with Crippen molar-refractivity contribution in [2.24, 2.45) is 0 Å². The van der Waals surface area contributed by atoms with E-state index in [4.69, 9.17) is 5.11 Å². The second-order valence-electron chi connectivity index (χ2n) is 3.31. The molecule has 0 saturated carbocycles. The van der Waals surface area contributed by atoms with E-state index in [1.54, 1.807) is 6.92 Å². The number of amides is 1. The molecule has 0 bridgehead atoms. The Bertz CT molecular complexity index is 611. The molecule has 0 aliphatic rings. The molecule has 2 aromatic heterocycles. The molecular weight excluding hydrogens is 256 g/mol. The lowest BCUT2D eigenvalue weighted by Gasteiger charge is -2.03. The van der Waals surface area contributed by atoms with Crippen LogP contribution in [0.5, 0.6) is 0 Å². The van der Waals surface area contributed by atoms with Gasteiger partial charge in [-0.25, -0.2) is 4.79 Å². The van der Waals surface area contributed by atoms with Crippen LogP contribution in [0.25, 0.3) is 0 Å². The fourth-order valence-corrected chi connectivity index (χ4v) is 1.86. The van der Waals surface area contributed by atoms with Gasteiger partial charge in [0.2, 0.25) is 5.13 Å². The fourth-order valence-electron chi connectivity index (χ4n) is 1.27. The summed E-state index contributed by atoms with van der Waals surface area (Å²) in [5.41, 5.74) is -0.124. The summed E-state index contributed by atoms with van der Waals surface area (Å²) in [5, 5.41) is 19.9. The van der Waals surface area contributed by atoms with Crippen LogP contribution in [0.3, 0.4) is 0 Å². The minimum atomic E-state index is -1.21. The predicted molar refractivity (Wildman–Crippen MR) is 63.8 cm³/mol. The van der Waals surface area contributed by atoms with Crippen LogP contribution in [-0.4, -0.2) is 32.2 Å². The third-order valence-corrected chi connectivity index (χ3v) is 2.80. The van der Waals surface area contributed by atoms with Crippen LogP contribution >= 0.6 is 11.3 Å². The maximum absolute atomic E-state index is 11.9. The van der Waals surface area contributed by atoms with Gasteiger partial charge in [0.1, 0.15) is 5.01 Å². The van der Waals surface area contributed by atoms with E-state index in [1.807, 2.05) is 0 Å². The zero-order valence-corrected chi connectivity index (χ0v) is 10.1. The molecule has 2 rings (SSSR count). The van der Waals surface area contributed by atoms with Crippen LogP contribution in [0.4, 0.5) is 5.13 Å². The maximum atomic E-state index is 11.9. The zero-order chi connectivity index (χ0) is 13.1. The van der Waals surface area contributed by atoms with Crippen LogP contribution in [0.15, 0.2) is 18.5 Å². The summed E-state index contributed by atoms with van der Waals surface area (Å²) in [6.45, 7) is 1.75. The van der Waals surface area contributed by atoms with Gasteiger partial charge in [0.15, 0.2) is 0 Å². The van der Waals surface area contributed by atoms with Crippen molar-refractivity contribution in [3.8, 4) is 0 Å². The van der Waals surface area contributed by atoms with E-state index < -0.39 is 11.9 Å². The molecule has 8 heteroatoms. The van der Waals surface area contributed by atoms with Crippen LogP contribution < -0.4 is 5.32 Å². The molecule has 0 aliphatic carbocycles. The molecule has 0 fully saturated rings. The van der Waals surface area contributed by atoms with Gasteiger partial charge >= 0.3 is 5.97 Å². The summed E-state index contributed by atoms with van der Waals surface area (Å²) < 4.78 is 0. The van der Waals surface area contributed by atoms with E-state index in [0.717, 1.165) is 6.20 Å². The van der Waals surface area contributed by atoms with Crippen LogP contribution in [0.1, 0.15) is 25.7 Å². The van der Waals surface area contributed by atoms with Crippen molar-refractivity contribution in [2.45, 2.75) is 6.92 Å². The third-order valence-electron chi connectivity index (χ3n) is 2.04. The minimum absolute atomic E-state index is 0.0327. The number of carboxylic acid groups (broad SMARTS) is 1. The Morgan fingerprint density at radius 1 is 1.33 bits per heavy atom. The first-order valence-electron chi connectivity index (χ1n) is 4.86. The van der Waals surface area contributed by atoms with Gasteiger partial charge in [-0.15, -0.1) is 10.2 Å². The van der Waals surface area contributed by atoms with Crippen molar-refractivity contribution in [1.82, 2.24) is 15.2 Å². The summed E-state index contributed by atoms with van der Waals surface area (Å²) in [7, 11) is 0. The molecule has 92 valence electrons. The first-order valence-corrected chi connectivity index (χ1v) is 5.68. The van der Waals surface area contributed by atoms with Crippen molar-refractivity contribution >= 4 is 28.3 Å². The number of hydrogen-bond donors (Lipinski definition) is 2. The molecule has 0 aliphatic heterocycles. The molecule has 0 saturated heterocycles. The largest absolute Gasteiger partial charge is 0.478 e. The number of carbonyl (C=O) groups is 2. The Morgan fingerprint density at radius 2 is 2.11 bits per heavy atom. The van der Waals surface area contributed by atoms with Crippen molar-refractivity contribution in [1.29, 1.82) is 0 Å². The highest BCUT2D eigenvalue weighted by Gasteiger charge is 2.17. The van der Waals surface area contributed by atoms with Gasteiger partial charge in [-0.1, -0.05) is 11.3 Å². The van der Waals surface area contributed by atoms with Crippen molar-refractivity contribution in [3.63, 3.8) is 0 Å². The summed E-state index contributed by atoms with van der Waals surface area (Å²) in [6, 6.07) is 1.34. The number of carbonyl (C=O) groups excluding carboxylic acids is 1. The van der Waals surface area contributed by atoms with Gasteiger partial charge in [0.05, 0.1) is 11.1 Å². The normalized spacial score (nSPS) is 10.1. The van der Waals surface area contributed by atoms with Gasteiger partial charge in [0.25, 0.3) is 5.91 Å². The molecule has 2 heterocycles. The molecular formula is C10H8N4O3S. The van der Waals surface area contributed by atoms with Gasteiger partial charge in [-0.05, 0) is 13.0 Å². The SMILES string of the molecule is Cc1nnc(NC(=O)c2ccncc2C(=O)O)s1. The summed E-state index contributed by atoms with van der Waals surface area (Å²) in [4.78, 5) is 26.5. The molecule has 0 spiro atoms. The molecule has 18 heavy (non-hydrogen) atoms. The summed E-state index contributed by atoms with van der Waals surface area (Å²) in [5.74, 6) is -1.76. The van der Waals surface area contributed by atoms with Crippen LogP contribution in [0.2, 0.25) is 0 Å². The summed E-state index contributed by atoms with van der Waals surface area (Å²) >= 11 is 1.21. The Labute approximate surface area is 106 Å².